The van der Waals surface area contributed by atoms with E-state index in [4.69, 9.17) is 0 Å². The van der Waals surface area contributed by atoms with Crippen molar-refractivity contribution < 1.29 is 4.79 Å². The molecule has 5 nitrogen and oxygen atoms in total. The summed E-state index contributed by atoms with van der Waals surface area (Å²) in [7, 11) is 1.85. The number of anilines is 1. The number of nitrogens with zero attached hydrogens (tertiary/aromatic N) is 3. The third kappa shape index (κ3) is 3.61. The number of carbonyl (C=O) groups excluding carboxylic acids is 1. The van der Waals surface area contributed by atoms with E-state index in [1.807, 2.05) is 39.1 Å². The number of nitrogens with one attached hydrogen (secondary N) is 1. The summed E-state index contributed by atoms with van der Waals surface area (Å²) >= 11 is 4.82. The number of aryl methyl sites for hydroxylation is 2. The Hall–Kier alpha value is -1.34. The van der Waals surface area contributed by atoms with Gasteiger partial charge in [-0.2, -0.15) is 0 Å². The minimum absolute atomic E-state index is 0.0671. The lowest BCUT2D eigenvalue weighted by Gasteiger charge is -2.12. The Morgan fingerprint density at radius 2 is 2.25 bits per heavy atom. The van der Waals surface area contributed by atoms with E-state index in [0.29, 0.717) is 0 Å². The molecule has 1 unspecified atom stereocenters. The summed E-state index contributed by atoms with van der Waals surface area (Å²) in [6.07, 6.45) is 1.61. The third-order valence-corrected chi connectivity index (χ3v) is 4.51. The SMILES string of the molecule is Cc1ccc(NC(=O)C(C)Sc2nncn2C)c(Br)c1. The Labute approximate surface area is 130 Å². The van der Waals surface area contributed by atoms with Crippen LogP contribution in [0, 0.1) is 6.92 Å². The van der Waals surface area contributed by atoms with Crippen molar-refractivity contribution in [2.24, 2.45) is 7.05 Å². The van der Waals surface area contributed by atoms with E-state index in [0.717, 1.165) is 20.9 Å². The van der Waals surface area contributed by atoms with Crippen molar-refractivity contribution in [1.29, 1.82) is 0 Å². The monoisotopic (exact) mass is 354 g/mol. The maximum Gasteiger partial charge on any atom is 0.237 e. The average molecular weight is 355 g/mol. The van der Waals surface area contributed by atoms with Gasteiger partial charge in [-0.25, -0.2) is 0 Å². The summed E-state index contributed by atoms with van der Waals surface area (Å²) in [4.78, 5) is 12.2. The quantitative estimate of drug-likeness (QED) is 0.857. The molecule has 1 N–H and O–H groups in total. The molecule has 0 aliphatic heterocycles. The molecule has 2 aromatic rings. The largest absolute Gasteiger partial charge is 0.324 e. The van der Waals surface area contributed by atoms with E-state index in [1.54, 1.807) is 10.9 Å². The van der Waals surface area contributed by atoms with E-state index in [2.05, 4.69) is 31.4 Å². The molecule has 1 aromatic carbocycles. The number of benzene rings is 1. The Morgan fingerprint density at radius 1 is 1.50 bits per heavy atom. The molecule has 20 heavy (non-hydrogen) atoms. The van der Waals surface area contributed by atoms with Crippen LogP contribution in [0.15, 0.2) is 34.2 Å². The van der Waals surface area contributed by atoms with E-state index in [-0.39, 0.29) is 11.2 Å². The van der Waals surface area contributed by atoms with Gasteiger partial charge in [-0.1, -0.05) is 17.8 Å². The molecule has 2 rings (SSSR count). The van der Waals surface area contributed by atoms with E-state index in [1.165, 1.54) is 11.8 Å². The van der Waals surface area contributed by atoms with Gasteiger partial charge in [0, 0.05) is 11.5 Å². The maximum absolute atomic E-state index is 12.2. The van der Waals surface area contributed by atoms with Crippen LogP contribution >= 0.6 is 27.7 Å². The highest BCUT2D eigenvalue weighted by Gasteiger charge is 2.18. The van der Waals surface area contributed by atoms with Crippen molar-refractivity contribution in [2.45, 2.75) is 24.3 Å². The van der Waals surface area contributed by atoms with Crippen LogP contribution in [0.2, 0.25) is 0 Å². The number of hydrogen-bond donors (Lipinski definition) is 1. The number of amides is 1. The smallest absolute Gasteiger partial charge is 0.237 e. The fourth-order valence-electron chi connectivity index (χ4n) is 1.55. The predicted molar refractivity (Wildman–Crippen MR) is 83.8 cm³/mol. The lowest BCUT2D eigenvalue weighted by Crippen LogP contribution is -2.23. The van der Waals surface area contributed by atoms with Gasteiger partial charge >= 0.3 is 0 Å². The number of carbonyl (C=O) groups is 1. The molecule has 0 radical (unpaired) electrons. The number of aromatic nitrogens is 3. The van der Waals surface area contributed by atoms with E-state index in [9.17, 15) is 4.79 Å². The van der Waals surface area contributed by atoms with Gasteiger partial charge < -0.3 is 9.88 Å². The number of hydrogen-bond acceptors (Lipinski definition) is 4. The van der Waals surface area contributed by atoms with Crippen LogP contribution in [-0.2, 0) is 11.8 Å². The molecule has 1 amide bonds. The summed E-state index contributed by atoms with van der Waals surface area (Å²) in [5.41, 5.74) is 1.90. The van der Waals surface area contributed by atoms with Gasteiger partial charge in [0.15, 0.2) is 5.16 Å². The first-order valence-corrected chi connectivity index (χ1v) is 7.72. The number of rotatable bonds is 4. The zero-order valence-corrected chi connectivity index (χ0v) is 13.8. The first-order chi connectivity index (χ1) is 9.47. The van der Waals surface area contributed by atoms with Crippen LogP contribution in [0.25, 0.3) is 0 Å². The molecule has 106 valence electrons. The highest BCUT2D eigenvalue weighted by atomic mass is 79.9. The van der Waals surface area contributed by atoms with Gasteiger partial charge in [-0.05, 0) is 47.5 Å². The molecule has 1 atom stereocenters. The first kappa shape index (κ1) is 15.1. The summed E-state index contributed by atoms with van der Waals surface area (Å²) < 4.78 is 2.66. The van der Waals surface area contributed by atoms with Gasteiger partial charge in [0.1, 0.15) is 6.33 Å². The van der Waals surface area contributed by atoms with Gasteiger partial charge in [0.25, 0.3) is 0 Å². The number of halogens is 1. The standard InChI is InChI=1S/C13H15BrN4OS/c1-8-4-5-11(10(14)6-8)16-12(19)9(2)20-13-17-15-7-18(13)3/h4-7,9H,1-3H3,(H,16,19). The lowest BCUT2D eigenvalue weighted by molar-refractivity contribution is -0.115. The van der Waals surface area contributed by atoms with Crippen molar-refractivity contribution in [1.82, 2.24) is 14.8 Å². The van der Waals surface area contributed by atoms with Crippen LogP contribution < -0.4 is 5.32 Å². The van der Waals surface area contributed by atoms with Crippen molar-refractivity contribution in [3.05, 3.63) is 34.6 Å². The summed E-state index contributed by atoms with van der Waals surface area (Å²) in [6, 6.07) is 5.81. The first-order valence-electron chi connectivity index (χ1n) is 6.05. The van der Waals surface area contributed by atoms with Crippen LogP contribution in [0.5, 0.6) is 0 Å². The van der Waals surface area contributed by atoms with E-state index >= 15 is 0 Å². The molecule has 0 aliphatic rings. The van der Waals surface area contributed by atoms with E-state index < -0.39 is 0 Å². The van der Waals surface area contributed by atoms with Gasteiger partial charge in [0.2, 0.25) is 5.91 Å². The topological polar surface area (TPSA) is 59.8 Å². The zero-order chi connectivity index (χ0) is 14.7. The maximum atomic E-state index is 12.2. The lowest BCUT2D eigenvalue weighted by atomic mass is 10.2. The molecule has 0 aliphatic carbocycles. The molecule has 0 bridgehead atoms. The summed E-state index contributed by atoms with van der Waals surface area (Å²) in [5, 5.41) is 11.1. The normalized spacial score (nSPS) is 12.2. The molecule has 7 heteroatoms. The highest BCUT2D eigenvalue weighted by Crippen LogP contribution is 2.26. The fourth-order valence-corrected chi connectivity index (χ4v) is 2.93. The summed E-state index contributed by atoms with van der Waals surface area (Å²) in [6.45, 7) is 3.85. The molecule has 0 saturated carbocycles. The molecule has 0 spiro atoms. The minimum Gasteiger partial charge on any atom is -0.324 e. The second kappa shape index (κ2) is 6.41. The van der Waals surface area contributed by atoms with Crippen LogP contribution in [0.1, 0.15) is 12.5 Å². The number of thioether (sulfide) groups is 1. The molecule has 1 aromatic heterocycles. The average Bonchev–Trinajstić information content (AvgIpc) is 2.78. The van der Waals surface area contributed by atoms with Gasteiger partial charge in [-0.15, -0.1) is 10.2 Å². The Balaban J connectivity index is 2.02. The Morgan fingerprint density at radius 3 is 2.85 bits per heavy atom. The molecule has 1 heterocycles. The van der Waals surface area contributed by atoms with Crippen molar-refractivity contribution in [3.8, 4) is 0 Å². The third-order valence-electron chi connectivity index (χ3n) is 2.70. The molecular formula is C13H15BrN4OS. The second-order valence-electron chi connectivity index (χ2n) is 4.46. The Kier molecular flexibility index (Phi) is 4.82. The van der Waals surface area contributed by atoms with Gasteiger partial charge in [0.05, 0.1) is 10.9 Å². The molecular weight excluding hydrogens is 340 g/mol. The van der Waals surface area contributed by atoms with Crippen LogP contribution in [0.4, 0.5) is 5.69 Å². The summed E-state index contributed by atoms with van der Waals surface area (Å²) in [5.74, 6) is -0.0671. The fraction of sp³-hybridized carbons (Fsp3) is 0.308. The second-order valence-corrected chi connectivity index (χ2v) is 6.62. The molecule has 0 saturated heterocycles. The molecule has 0 fully saturated rings. The predicted octanol–water partition coefficient (Wildman–Crippen LogP) is 3.01. The Bertz CT molecular complexity index is 629. The minimum atomic E-state index is -0.258. The highest BCUT2D eigenvalue weighted by molar-refractivity contribution is 9.10. The van der Waals surface area contributed by atoms with Crippen molar-refractivity contribution in [2.75, 3.05) is 5.32 Å². The van der Waals surface area contributed by atoms with Gasteiger partial charge in [-0.3, -0.25) is 4.79 Å². The zero-order valence-electron chi connectivity index (χ0n) is 11.4. The van der Waals surface area contributed by atoms with Crippen LogP contribution in [-0.4, -0.2) is 25.9 Å². The van der Waals surface area contributed by atoms with Crippen molar-refractivity contribution in [3.63, 3.8) is 0 Å². The van der Waals surface area contributed by atoms with Crippen LogP contribution in [0.3, 0.4) is 0 Å². The van der Waals surface area contributed by atoms with Crippen molar-refractivity contribution >= 4 is 39.3 Å².